The van der Waals surface area contributed by atoms with Crippen molar-refractivity contribution in [2.45, 2.75) is 64.7 Å². The fourth-order valence-corrected chi connectivity index (χ4v) is 5.18. The maximum Gasteiger partial charge on any atom is 0.232 e. The molecular formula is C20H30N4O3. The number of aromatic nitrogens is 2. The Hall–Kier alpha value is -1.92. The van der Waals surface area contributed by atoms with Crippen molar-refractivity contribution in [3.8, 4) is 0 Å². The van der Waals surface area contributed by atoms with Gasteiger partial charge in [0.25, 0.3) is 0 Å². The molecule has 2 amide bonds. The van der Waals surface area contributed by atoms with E-state index in [1.54, 1.807) is 13.8 Å². The summed E-state index contributed by atoms with van der Waals surface area (Å²) in [5.41, 5.74) is -0.134. The first-order chi connectivity index (χ1) is 13.0. The summed E-state index contributed by atoms with van der Waals surface area (Å²) in [6.45, 7) is 6.04. The zero-order valence-corrected chi connectivity index (χ0v) is 16.4. The van der Waals surface area contributed by atoms with Crippen molar-refractivity contribution in [2.24, 2.45) is 11.3 Å². The van der Waals surface area contributed by atoms with Gasteiger partial charge in [-0.05, 0) is 19.3 Å². The molecule has 27 heavy (non-hydrogen) atoms. The molecule has 7 heteroatoms. The second-order valence-electron chi connectivity index (χ2n) is 8.79. The minimum absolute atomic E-state index is 0.0185. The standard InChI is InChI=1S/C20H30N4O3/c1-14-21-19(27-22-14)17-10-23(15(2)25)11-20(17)12-24(13-20)18(26)9-8-16-6-4-3-5-7-16/h16-17H,3-13H2,1-2H3. The number of amides is 2. The highest BCUT2D eigenvalue weighted by Gasteiger charge is 2.58. The first-order valence-corrected chi connectivity index (χ1v) is 10.3. The highest BCUT2D eigenvalue weighted by molar-refractivity contribution is 5.78. The van der Waals surface area contributed by atoms with Crippen LogP contribution in [0.15, 0.2) is 4.52 Å². The summed E-state index contributed by atoms with van der Waals surface area (Å²) in [6, 6.07) is 0. The minimum atomic E-state index is -0.134. The highest BCUT2D eigenvalue weighted by Crippen LogP contribution is 2.49. The quantitative estimate of drug-likeness (QED) is 0.809. The number of carbonyl (C=O) groups is 2. The molecule has 0 N–H and O–H groups in total. The van der Waals surface area contributed by atoms with Gasteiger partial charge in [0.2, 0.25) is 17.7 Å². The molecule has 0 aromatic carbocycles. The summed E-state index contributed by atoms with van der Waals surface area (Å²) in [4.78, 5) is 32.8. The fourth-order valence-electron chi connectivity index (χ4n) is 5.18. The van der Waals surface area contributed by atoms with E-state index in [0.29, 0.717) is 44.3 Å². The summed E-state index contributed by atoms with van der Waals surface area (Å²) in [6.07, 6.45) is 8.22. The first kappa shape index (κ1) is 18.4. The van der Waals surface area contributed by atoms with Crippen molar-refractivity contribution < 1.29 is 14.1 Å². The molecule has 0 radical (unpaired) electrons. The average molecular weight is 374 g/mol. The van der Waals surface area contributed by atoms with Crippen LogP contribution in [0.2, 0.25) is 0 Å². The second-order valence-corrected chi connectivity index (χ2v) is 8.79. The lowest BCUT2D eigenvalue weighted by Gasteiger charge is -2.50. The number of hydrogen-bond acceptors (Lipinski definition) is 5. The Balaban J connectivity index is 1.37. The van der Waals surface area contributed by atoms with Gasteiger partial charge in [-0.25, -0.2) is 0 Å². The Kier molecular flexibility index (Phi) is 4.95. The van der Waals surface area contributed by atoms with Crippen molar-refractivity contribution in [3.63, 3.8) is 0 Å². The van der Waals surface area contributed by atoms with Crippen LogP contribution in [0.4, 0.5) is 0 Å². The Morgan fingerprint density at radius 1 is 1.15 bits per heavy atom. The number of rotatable bonds is 4. The van der Waals surface area contributed by atoms with Crippen LogP contribution < -0.4 is 0 Å². The third kappa shape index (κ3) is 3.60. The molecule has 2 aliphatic heterocycles. The molecule has 1 aliphatic carbocycles. The van der Waals surface area contributed by atoms with Gasteiger partial charge in [-0.1, -0.05) is 37.3 Å². The molecule has 7 nitrogen and oxygen atoms in total. The summed E-state index contributed by atoms with van der Waals surface area (Å²) in [7, 11) is 0. The van der Waals surface area contributed by atoms with Crippen molar-refractivity contribution in [1.82, 2.24) is 19.9 Å². The topological polar surface area (TPSA) is 79.5 Å². The van der Waals surface area contributed by atoms with Gasteiger partial charge >= 0.3 is 0 Å². The van der Waals surface area contributed by atoms with Gasteiger partial charge in [0.15, 0.2) is 5.82 Å². The zero-order chi connectivity index (χ0) is 19.0. The van der Waals surface area contributed by atoms with Gasteiger partial charge in [-0.3, -0.25) is 9.59 Å². The maximum atomic E-state index is 12.7. The number of aryl methyl sites for hydroxylation is 1. The molecule has 1 aromatic heterocycles. The van der Waals surface area contributed by atoms with Gasteiger partial charge in [0.1, 0.15) is 0 Å². The van der Waals surface area contributed by atoms with Crippen LogP contribution in [0.5, 0.6) is 0 Å². The predicted molar refractivity (Wildman–Crippen MR) is 98.9 cm³/mol. The van der Waals surface area contributed by atoms with Crippen molar-refractivity contribution in [3.05, 3.63) is 11.7 Å². The summed E-state index contributed by atoms with van der Waals surface area (Å²) in [5, 5.41) is 3.92. The van der Waals surface area contributed by atoms with Crippen molar-refractivity contribution in [2.75, 3.05) is 26.2 Å². The number of carbonyl (C=O) groups excluding carboxylic acids is 2. The molecule has 1 saturated carbocycles. The van der Waals surface area contributed by atoms with Gasteiger partial charge in [0, 0.05) is 44.9 Å². The molecule has 1 aromatic rings. The van der Waals surface area contributed by atoms with Crippen LogP contribution in [0.25, 0.3) is 0 Å². The Morgan fingerprint density at radius 3 is 2.48 bits per heavy atom. The van der Waals surface area contributed by atoms with Crippen LogP contribution in [0.1, 0.15) is 69.5 Å². The van der Waals surface area contributed by atoms with Gasteiger partial charge in [-0.2, -0.15) is 4.98 Å². The summed E-state index contributed by atoms with van der Waals surface area (Å²) >= 11 is 0. The van der Waals surface area contributed by atoms with Crippen LogP contribution in [-0.2, 0) is 9.59 Å². The SMILES string of the molecule is CC(=O)N1CC(c2nc(C)no2)C2(C1)CN(C(=O)CCC1CCCCC1)C2. The van der Waals surface area contributed by atoms with Crippen LogP contribution in [0.3, 0.4) is 0 Å². The lowest BCUT2D eigenvalue weighted by atomic mass is 9.71. The van der Waals surface area contributed by atoms with E-state index in [1.807, 2.05) is 9.80 Å². The van der Waals surface area contributed by atoms with E-state index in [1.165, 1.54) is 32.1 Å². The summed E-state index contributed by atoms with van der Waals surface area (Å²) in [5.74, 6) is 2.28. The van der Waals surface area contributed by atoms with E-state index in [4.69, 9.17) is 4.52 Å². The molecule has 4 rings (SSSR count). The molecule has 3 heterocycles. The van der Waals surface area contributed by atoms with E-state index in [-0.39, 0.29) is 23.1 Å². The fraction of sp³-hybridized carbons (Fsp3) is 0.800. The van der Waals surface area contributed by atoms with E-state index in [2.05, 4.69) is 10.1 Å². The Morgan fingerprint density at radius 2 is 1.85 bits per heavy atom. The normalized spacial score (nSPS) is 25.0. The number of likely N-dealkylation sites (tertiary alicyclic amines) is 2. The van der Waals surface area contributed by atoms with Gasteiger partial charge in [0.05, 0.1) is 5.92 Å². The lowest BCUT2D eigenvalue weighted by molar-refractivity contribution is -0.144. The van der Waals surface area contributed by atoms with Gasteiger partial charge in [-0.15, -0.1) is 0 Å². The largest absolute Gasteiger partial charge is 0.341 e. The first-order valence-electron chi connectivity index (χ1n) is 10.3. The highest BCUT2D eigenvalue weighted by atomic mass is 16.5. The molecule has 1 atom stereocenters. The molecule has 1 spiro atoms. The third-order valence-corrected chi connectivity index (χ3v) is 6.79. The number of hydrogen-bond donors (Lipinski definition) is 0. The molecule has 3 aliphatic rings. The van der Waals surface area contributed by atoms with Gasteiger partial charge < -0.3 is 14.3 Å². The van der Waals surface area contributed by atoms with Crippen LogP contribution in [0, 0.1) is 18.3 Å². The predicted octanol–water partition coefficient (Wildman–Crippen LogP) is 2.51. The minimum Gasteiger partial charge on any atom is -0.341 e. The third-order valence-electron chi connectivity index (χ3n) is 6.79. The maximum absolute atomic E-state index is 12.7. The molecular weight excluding hydrogens is 344 g/mol. The average Bonchev–Trinajstić information content (AvgIpc) is 3.23. The van der Waals surface area contributed by atoms with E-state index in [9.17, 15) is 9.59 Å². The Bertz CT molecular complexity index is 704. The van der Waals surface area contributed by atoms with Crippen molar-refractivity contribution in [1.29, 1.82) is 0 Å². The molecule has 148 valence electrons. The second kappa shape index (κ2) is 7.24. The summed E-state index contributed by atoms with van der Waals surface area (Å²) < 4.78 is 5.43. The lowest BCUT2D eigenvalue weighted by Crippen LogP contribution is -2.61. The van der Waals surface area contributed by atoms with E-state index < -0.39 is 0 Å². The molecule has 2 saturated heterocycles. The smallest absolute Gasteiger partial charge is 0.232 e. The van der Waals surface area contributed by atoms with E-state index >= 15 is 0 Å². The van der Waals surface area contributed by atoms with Crippen LogP contribution >= 0.6 is 0 Å². The van der Waals surface area contributed by atoms with Crippen LogP contribution in [-0.4, -0.2) is 57.9 Å². The van der Waals surface area contributed by atoms with Crippen molar-refractivity contribution >= 4 is 11.8 Å². The number of nitrogens with zero attached hydrogens (tertiary/aromatic N) is 4. The monoisotopic (exact) mass is 374 g/mol. The Labute approximate surface area is 160 Å². The van der Waals surface area contributed by atoms with E-state index in [0.717, 1.165) is 12.3 Å². The molecule has 1 unspecified atom stereocenters. The molecule has 0 bridgehead atoms. The molecule has 3 fully saturated rings. The zero-order valence-electron chi connectivity index (χ0n) is 16.4.